The molecule has 32 heavy (non-hydrogen) atoms. The highest BCUT2D eigenvalue weighted by molar-refractivity contribution is 6.30. The summed E-state index contributed by atoms with van der Waals surface area (Å²) in [5, 5.41) is 9.77. The van der Waals surface area contributed by atoms with Crippen molar-refractivity contribution in [1.29, 1.82) is 0 Å². The molecule has 1 heterocycles. The number of halogens is 2. The van der Waals surface area contributed by atoms with Crippen LogP contribution < -0.4 is 5.32 Å². The summed E-state index contributed by atoms with van der Waals surface area (Å²) in [6, 6.07) is 26.3. The number of aromatic nitrogens is 3. The Balaban J connectivity index is 1.57. The first-order valence-electron chi connectivity index (χ1n) is 9.86. The van der Waals surface area contributed by atoms with Gasteiger partial charge < -0.3 is 5.32 Å². The van der Waals surface area contributed by atoms with Crippen LogP contribution in [0.3, 0.4) is 0 Å². The van der Waals surface area contributed by atoms with Crippen LogP contribution in [-0.2, 0) is 0 Å². The van der Waals surface area contributed by atoms with Gasteiger partial charge in [-0.25, -0.2) is 14.1 Å². The normalized spacial score (nSPS) is 10.9. The molecule has 5 aromatic rings. The van der Waals surface area contributed by atoms with Gasteiger partial charge in [0.1, 0.15) is 5.82 Å². The van der Waals surface area contributed by atoms with Crippen LogP contribution in [0, 0.1) is 5.82 Å². The third-order valence-electron chi connectivity index (χ3n) is 5.00. The summed E-state index contributed by atoms with van der Waals surface area (Å²) < 4.78 is 15.0. The van der Waals surface area contributed by atoms with Gasteiger partial charge in [-0.2, -0.15) is 0 Å². The lowest BCUT2D eigenvalue weighted by molar-refractivity contribution is 0.101. The fourth-order valence-electron chi connectivity index (χ4n) is 3.50. The quantitative estimate of drug-likeness (QED) is 0.364. The van der Waals surface area contributed by atoms with Gasteiger partial charge in [0.15, 0.2) is 5.82 Å². The Morgan fingerprint density at radius 2 is 1.66 bits per heavy atom. The number of anilines is 1. The molecule has 0 saturated heterocycles. The topological polar surface area (TPSA) is 59.8 Å². The minimum absolute atomic E-state index is 0.0164. The van der Waals surface area contributed by atoms with Crippen molar-refractivity contribution < 1.29 is 9.18 Å². The Morgan fingerprint density at radius 1 is 0.906 bits per heavy atom. The summed E-state index contributed by atoms with van der Waals surface area (Å²) in [5.41, 5.74) is 1.91. The largest absolute Gasteiger partial charge is 0.319 e. The van der Waals surface area contributed by atoms with Gasteiger partial charge in [0.25, 0.3) is 5.91 Å². The second-order valence-electron chi connectivity index (χ2n) is 7.14. The molecule has 0 unspecified atom stereocenters. The summed E-state index contributed by atoms with van der Waals surface area (Å²) in [7, 11) is 0. The summed E-state index contributed by atoms with van der Waals surface area (Å²) in [4.78, 5) is 17.6. The number of carbonyl (C=O) groups is 1. The molecule has 5 rings (SSSR count). The number of nitrogens with one attached hydrogen (secondary N) is 1. The number of hydrogen-bond donors (Lipinski definition) is 1. The van der Waals surface area contributed by atoms with Crippen molar-refractivity contribution in [1.82, 2.24) is 14.8 Å². The van der Waals surface area contributed by atoms with Crippen molar-refractivity contribution in [3.63, 3.8) is 0 Å². The van der Waals surface area contributed by atoms with Crippen LogP contribution >= 0.6 is 11.6 Å². The van der Waals surface area contributed by atoms with Crippen LogP contribution in [0.5, 0.6) is 0 Å². The highest BCUT2D eigenvalue weighted by Crippen LogP contribution is 2.26. The number of nitrogens with zero attached hydrogens (tertiary/aromatic N) is 3. The van der Waals surface area contributed by atoms with Crippen LogP contribution in [-0.4, -0.2) is 20.7 Å². The molecule has 156 valence electrons. The molecule has 0 bridgehead atoms. The molecule has 0 spiro atoms. The Morgan fingerprint density at radius 3 is 2.47 bits per heavy atom. The van der Waals surface area contributed by atoms with Gasteiger partial charge in [0.05, 0.1) is 5.69 Å². The molecule has 7 heteroatoms. The van der Waals surface area contributed by atoms with E-state index in [0.717, 1.165) is 10.8 Å². The zero-order valence-corrected chi connectivity index (χ0v) is 17.4. The van der Waals surface area contributed by atoms with E-state index in [9.17, 15) is 9.18 Å². The van der Waals surface area contributed by atoms with Gasteiger partial charge in [-0.15, -0.1) is 5.10 Å². The first-order valence-corrected chi connectivity index (χ1v) is 10.2. The highest BCUT2D eigenvalue weighted by atomic mass is 35.5. The number of fused-ring (bicyclic) bond motifs is 1. The SMILES string of the molecule is O=C(Nc1cccc2ccccc12)c1nc(-c2cccc(Cl)c2)n(-c2ccc(F)cc2)n1. The average Bonchev–Trinajstić information content (AvgIpc) is 3.26. The maximum absolute atomic E-state index is 13.5. The molecule has 0 aliphatic carbocycles. The molecular formula is C25H16ClFN4O. The molecule has 0 fully saturated rings. The highest BCUT2D eigenvalue weighted by Gasteiger charge is 2.20. The van der Waals surface area contributed by atoms with Crippen molar-refractivity contribution in [2.24, 2.45) is 0 Å². The van der Waals surface area contributed by atoms with E-state index in [-0.39, 0.29) is 11.6 Å². The van der Waals surface area contributed by atoms with Crippen LogP contribution in [0.25, 0.3) is 27.8 Å². The Kier molecular flexibility index (Phi) is 5.13. The summed E-state index contributed by atoms with van der Waals surface area (Å²) >= 11 is 6.16. The second kappa shape index (κ2) is 8.24. The standard InChI is InChI=1S/C25H16ClFN4O/c26-18-8-3-7-17(15-18)24-29-23(30-31(24)20-13-11-19(27)12-14-20)25(32)28-22-10-4-6-16-5-1-2-9-21(16)22/h1-15H,(H,28,32). The van der Waals surface area contributed by atoms with Crippen molar-refractivity contribution in [2.75, 3.05) is 5.32 Å². The monoisotopic (exact) mass is 442 g/mol. The minimum Gasteiger partial charge on any atom is -0.319 e. The van der Waals surface area contributed by atoms with Crippen molar-refractivity contribution in [2.45, 2.75) is 0 Å². The fourth-order valence-corrected chi connectivity index (χ4v) is 3.69. The van der Waals surface area contributed by atoms with Crippen molar-refractivity contribution >= 4 is 34.0 Å². The molecule has 0 saturated carbocycles. The smallest absolute Gasteiger partial charge is 0.295 e. The summed E-state index contributed by atoms with van der Waals surface area (Å²) in [6.45, 7) is 0. The zero-order valence-electron chi connectivity index (χ0n) is 16.7. The molecule has 4 aromatic carbocycles. The maximum Gasteiger partial charge on any atom is 0.295 e. The number of benzene rings is 4. The lowest BCUT2D eigenvalue weighted by Gasteiger charge is -2.07. The van der Waals surface area contributed by atoms with Crippen LogP contribution in [0.1, 0.15) is 10.6 Å². The van der Waals surface area contributed by atoms with Crippen LogP contribution in [0.4, 0.5) is 10.1 Å². The predicted octanol–water partition coefficient (Wildman–Crippen LogP) is 6.13. The number of amides is 1. The van der Waals surface area contributed by atoms with E-state index in [4.69, 9.17) is 11.6 Å². The molecule has 1 amide bonds. The number of rotatable bonds is 4. The van der Waals surface area contributed by atoms with Crippen molar-refractivity contribution in [3.8, 4) is 17.1 Å². The van der Waals surface area contributed by atoms with Gasteiger partial charge in [-0.05, 0) is 47.9 Å². The van der Waals surface area contributed by atoms with Gasteiger partial charge in [-0.1, -0.05) is 60.1 Å². The Labute approximate surface area is 188 Å². The van der Waals surface area contributed by atoms with Gasteiger partial charge in [0, 0.05) is 21.7 Å². The number of carbonyl (C=O) groups excluding carboxylic acids is 1. The predicted molar refractivity (Wildman–Crippen MR) is 124 cm³/mol. The maximum atomic E-state index is 13.5. The molecule has 0 radical (unpaired) electrons. The Hall–Kier alpha value is -4.03. The summed E-state index contributed by atoms with van der Waals surface area (Å²) in [6.07, 6.45) is 0. The van der Waals surface area contributed by atoms with E-state index >= 15 is 0 Å². The zero-order chi connectivity index (χ0) is 22.1. The summed E-state index contributed by atoms with van der Waals surface area (Å²) in [5.74, 6) is -0.419. The van der Waals surface area contributed by atoms with Crippen LogP contribution in [0.2, 0.25) is 5.02 Å². The second-order valence-corrected chi connectivity index (χ2v) is 7.57. The third kappa shape index (κ3) is 3.84. The average molecular weight is 443 g/mol. The molecule has 1 aromatic heterocycles. The first-order chi connectivity index (χ1) is 15.6. The van der Waals surface area contributed by atoms with Gasteiger partial charge in [0.2, 0.25) is 5.82 Å². The van der Waals surface area contributed by atoms with Crippen molar-refractivity contribution in [3.05, 3.63) is 108 Å². The van der Waals surface area contributed by atoms with Gasteiger partial charge in [-0.3, -0.25) is 4.79 Å². The molecule has 1 N–H and O–H groups in total. The van der Waals surface area contributed by atoms with E-state index in [1.165, 1.54) is 16.8 Å². The first kappa shape index (κ1) is 19.9. The van der Waals surface area contributed by atoms with E-state index in [1.54, 1.807) is 30.3 Å². The van der Waals surface area contributed by atoms with E-state index in [2.05, 4.69) is 15.4 Å². The third-order valence-corrected chi connectivity index (χ3v) is 5.24. The van der Waals surface area contributed by atoms with E-state index in [1.807, 2.05) is 48.5 Å². The molecule has 0 aliphatic heterocycles. The van der Waals surface area contributed by atoms with E-state index < -0.39 is 5.91 Å². The molecular weight excluding hydrogens is 427 g/mol. The van der Waals surface area contributed by atoms with Crippen LogP contribution in [0.15, 0.2) is 91.0 Å². The van der Waals surface area contributed by atoms with E-state index in [0.29, 0.717) is 27.8 Å². The lowest BCUT2D eigenvalue weighted by Crippen LogP contribution is -2.14. The van der Waals surface area contributed by atoms with Gasteiger partial charge >= 0.3 is 0 Å². The minimum atomic E-state index is -0.453. The fraction of sp³-hybridized carbons (Fsp3) is 0. The molecule has 5 nitrogen and oxygen atoms in total. The number of hydrogen-bond acceptors (Lipinski definition) is 3. The lowest BCUT2D eigenvalue weighted by atomic mass is 10.1. The molecule has 0 atom stereocenters. The Bertz CT molecular complexity index is 1440. The molecule has 0 aliphatic rings.